The Morgan fingerprint density at radius 3 is 2.17 bits per heavy atom. The first-order valence-electron chi connectivity index (χ1n) is 7.62. The second-order valence-electron chi connectivity index (χ2n) is 6.12. The van der Waals surface area contributed by atoms with Crippen LogP contribution in [0.3, 0.4) is 0 Å². The van der Waals surface area contributed by atoms with Crippen molar-refractivity contribution in [2.24, 2.45) is 5.92 Å². The standard InChI is InChI=1S/C16H21NO5S2/c1-10(2)15(17-14(18)9-23-16(17)19)12(4)22-24(20,21)13-7-5-11(3)6-8-13/h5-8,10,12,15H,9H2,1-4H3/t12-,15-/m0/s1. The molecule has 1 aliphatic rings. The molecule has 1 saturated heterocycles. The summed E-state index contributed by atoms with van der Waals surface area (Å²) >= 11 is 0.925. The lowest BCUT2D eigenvalue weighted by Crippen LogP contribution is -2.49. The highest BCUT2D eigenvalue weighted by Gasteiger charge is 2.41. The summed E-state index contributed by atoms with van der Waals surface area (Å²) in [5.41, 5.74) is 0.937. The molecule has 8 heteroatoms. The van der Waals surface area contributed by atoms with Crippen molar-refractivity contribution in [3.63, 3.8) is 0 Å². The second-order valence-corrected chi connectivity index (χ2v) is 8.62. The minimum atomic E-state index is -3.98. The van der Waals surface area contributed by atoms with E-state index in [0.29, 0.717) is 0 Å². The molecule has 6 nitrogen and oxygen atoms in total. The van der Waals surface area contributed by atoms with Crippen LogP contribution in [0.1, 0.15) is 26.3 Å². The van der Waals surface area contributed by atoms with Gasteiger partial charge in [0.05, 0.1) is 22.8 Å². The molecular formula is C16H21NO5S2. The van der Waals surface area contributed by atoms with Crippen molar-refractivity contribution in [3.05, 3.63) is 29.8 Å². The average molecular weight is 371 g/mol. The molecule has 0 N–H and O–H groups in total. The van der Waals surface area contributed by atoms with E-state index in [1.165, 1.54) is 12.1 Å². The van der Waals surface area contributed by atoms with Gasteiger partial charge in [-0.2, -0.15) is 8.42 Å². The van der Waals surface area contributed by atoms with E-state index in [-0.39, 0.29) is 27.7 Å². The van der Waals surface area contributed by atoms with Crippen LogP contribution in [0.2, 0.25) is 0 Å². The lowest BCUT2D eigenvalue weighted by Gasteiger charge is -2.33. The van der Waals surface area contributed by atoms with Crippen LogP contribution < -0.4 is 0 Å². The van der Waals surface area contributed by atoms with Gasteiger partial charge in [-0.15, -0.1) is 0 Å². The van der Waals surface area contributed by atoms with Gasteiger partial charge in [-0.1, -0.05) is 43.3 Å². The number of hydrogen-bond acceptors (Lipinski definition) is 6. The maximum absolute atomic E-state index is 12.4. The first kappa shape index (κ1) is 19.0. The van der Waals surface area contributed by atoms with Gasteiger partial charge in [0.2, 0.25) is 5.91 Å². The Morgan fingerprint density at radius 1 is 1.12 bits per heavy atom. The van der Waals surface area contributed by atoms with Crippen LogP contribution in [0.15, 0.2) is 29.2 Å². The number of amides is 2. The third-order valence-corrected chi connectivity index (χ3v) is 6.08. The van der Waals surface area contributed by atoms with Crippen LogP contribution in [0.5, 0.6) is 0 Å². The number of rotatable bonds is 6. The number of carbonyl (C=O) groups is 2. The molecule has 0 aliphatic carbocycles. The van der Waals surface area contributed by atoms with Crippen molar-refractivity contribution in [3.8, 4) is 0 Å². The SMILES string of the molecule is Cc1ccc(S(=O)(=O)O[C@@H](C)[C@H](C(C)C)N2C(=O)CSC2=O)cc1. The van der Waals surface area contributed by atoms with Gasteiger partial charge in [-0.25, -0.2) is 0 Å². The van der Waals surface area contributed by atoms with Gasteiger partial charge in [0.15, 0.2) is 0 Å². The van der Waals surface area contributed by atoms with Gasteiger partial charge >= 0.3 is 0 Å². The number of aryl methyl sites for hydroxylation is 1. The van der Waals surface area contributed by atoms with Gasteiger partial charge < -0.3 is 0 Å². The monoisotopic (exact) mass is 371 g/mol. The van der Waals surface area contributed by atoms with E-state index in [4.69, 9.17) is 4.18 Å². The van der Waals surface area contributed by atoms with Crippen LogP contribution in [0, 0.1) is 12.8 Å². The van der Waals surface area contributed by atoms with Crippen molar-refractivity contribution in [1.82, 2.24) is 4.90 Å². The molecule has 1 heterocycles. The average Bonchev–Trinajstić information content (AvgIpc) is 2.79. The van der Waals surface area contributed by atoms with Gasteiger partial charge in [0.1, 0.15) is 0 Å². The fourth-order valence-corrected chi connectivity index (χ4v) is 4.56. The van der Waals surface area contributed by atoms with Crippen molar-refractivity contribution >= 4 is 33.0 Å². The number of thioether (sulfide) groups is 1. The Morgan fingerprint density at radius 2 is 1.71 bits per heavy atom. The van der Waals surface area contributed by atoms with Crippen LogP contribution in [-0.4, -0.2) is 42.4 Å². The summed E-state index contributed by atoms with van der Waals surface area (Å²) in [6.07, 6.45) is -0.845. The molecule has 1 aromatic carbocycles. The van der Waals surface area contributed by atoms with Gasteiger partial charge in [-0.05, 0) is 31.9 Å². The van der Waals surface area contributed by atoms with Crippen molar-refractivity contribution in [1.29, 1.82) is 0 Å². The van der Waals surface area contributed by atoms with Crippen LogP contribution >= 0.6 is 11.8 Å². The van der Waals surface area contributed by atoms with E-state index in [9.17, 15) is 18.0 Å². The van der Waals surface area contributed by atoms with E-state index in [1.54, 1.807) is 19.1 Å². The van der Waals surface area contributed by atoms with Gasteiger partial charge in [0.25, 0.3) is 15.4 Å². The first-order chi connectivity index (χ1) is 11.1. The van der Waals surface area contributed by atoms with E-state index >= 15 is 0 Å². The predicted molar refractivity (Wildman–Crippen MR) is 92.2 cm³/mol. The molecule has 2 amide bonds. The van der Waals surface area contributed by atoms with Crippen molar-refractivity contribution in [2.75, 3.05) is 5.75 Å². The molecule has 1 fully saturated rings. The molecule has 132 valence electrons. The Kier molecular flexibility index (Phi) is 5.72. The molecule has 0 aromatic heterocycles. The normalized spacial score (nSPS) is 18.3. The van der Waals surface area contributed by atoms with E-state index in [1.807, 2.05) is 20.8 Å². The minimum absolute atomic E-state index is 0.0518. The summed E-state index contributed by atoms with van der Waals surface area (Å²) < 4.78 is 30.2. The van der Waals surface area contributed by atoms with Crippen LogP contribution in [0.25, 0.3) is 0 Å². The zero-order valence-corrected chi connectivity index (χ0v) is 15.7. The maximum atomic E-state index is 12.4. The smallest absolute Gasteiger partial charge is 0.273 e. The molecule has 2 atom stereocenters. The number of benzene rings is 1. The molecule has 0 radical (unpaired) electrons. The highest BCUT2D eigenvalue weighted by Crippen LogP contribution is 2.29. The third kappa shape index (κ3) is 3.99. The molecule has 24 heavy (non-hydrogen) atoms. The maximum Gasteiger partial charge on any atom is 0.297 e. The Hall–Kier alpha value is -1.38. The van der Waals surface area contributed by atoms with Crippen LogP contribution in [-0.2, 0) is 19.1 Å². The Balaban J connectivity index is 2.24. The fourth-order valence-electron chi connectivity index (χ4n) is 2.72. The third-order valence-electron chi connectivity index (χ3n) is 3.83. The van der Waals surface area contributed by atoms with Crippen molar-refractivity contribution in [2.45, 2.75) is 44.7 Å². The van der Waals surface area contributed by atoms with Crippen molar-refractivity contribution < 1.29 is 22.2 Å². The summed E-state index contributed by atoms with van der Waals surface area (Å²) in [7, 11) is -3.98. The fraction of sp³-hybridized carbons (Fsp3) is 0.500. The number of nitrogens with zero attached hydrogens (tertiary/aromatic N) is 1. The summed E-state index contributed by atoms with van der Waals surface area (Å²) in [5.74, 6) is -0.369. The second kappa shape index (κ2) is 7.25. The highest BCUT2D eigenvalue weighted by atomic mass is 32.2. The van der Waals surface area contributed by atoms with Crippen LogP contribution in [0.4, 0.5) is 4.79 Å². The zero-order chi connectivity index (χ0) is 18.1. The molecular weight excluding hydrogens is 350 g/mol. The molecule has 1 aromatic rings. The van der Waals surface area contributed by atoms with E-state index in [2.05, 4.69) is 0 Å². The topological polar surface area (TPSA) is 80.8 Å². The number of carbonyl (C=O) groups excluding carboxylic acids is 2. The summed E-state index contributed by atoms with van der Waals surface area (Å²) in [6.45, 7) is 7.08. The quantitative estimate of drug-likeness (QED) is 0.715. The number of imide groups is 1. The molecule has 0 spiro atoms. The lowest BCUT2D eigenvalue weighted by atomic mass is 9.98. The van der Waals surface area contributed by atoms with Gasteiger partial charge in [0, 0.05) is 0 Å². The molecule has 0 bridgehead atoms. The molecule has 1 aliphatic heterocycles. The van der Waals surface area contributed by atoms with E-state index in [0.717, 1.165) is 22.2 Å². The first-order valence-corrected chi connectivity index (χ1v) is 10.0. The number of hydrogen-bond donors (Lipinski definition) is 0. The summed E-state index contributed by atoms with van der Waals surface area (Å²) in [5, 5.41) is -0.359. The predicted octanol–water partition coefficient (Wildman–Crippen LogP) is 2.81. The molecule has 2 rings (SSSR count). The Labute approximate surface area is 146 Å². The largest absolute Gasteiger partial charge is 0.297 e. The minimum Gasteiger partial charge on any atom is -0.273 e. The molecule has 0 unspecified atom stereocenters. The highest BCUT2D eigenvalue weighted by molar-refractivity contribution is 8.14. The van der Waals surface area contributed by atoms with E-state index < -0.39 is 22.3 Å². The zero-order valence-electron chi connectivity index (χ0n) is 14.1. The molecule has 0 saturated carbocycles. The summed E-state index contributed by atoms with van der Waals surface area (Å²) in [4.78, 5) is 25.1. The summed E-state index contributed by atoms with van der Waals surface area (Å²) in [6, 6.07) is 5.68. The Bertz CT molecular complexity index is 711. The van der Waals surface area contributed by atoms with Gasteiger partial charge in [-0.3, -0.25) is 18.7 Å². The lowest BCUT2D eigenvalue weighted by molar-refractivity contribution is -0.128.